The van der Waals surface area contributed by atoms with Crippen LogP contribution in [-0.2, 0) is 14.3 Å². The van der Waals surface area contributed by atoms with Crippen molar-refractivity contribution < 1.29 is 23.9 Å². The lowest BCUT2D eigenvalue weighted by Crippen LogP contribution is -2.32. The van der Waals surface area contributed by atoms with Crippen molar-refractivity contribution in [3.63, 3.8) is 0 Å². The summed E-state index contributed by atoms with van der Waals surface area (Å²) >= 11 is 5.91. The van der Waals surface area contributed by atoms with Crippen molar-refractivity contribution in [2.45, 2.75) is 20.3 Å². The maximum Gasteiger partial charge on any atom is 0.339 e. The van der Waals surface area contributed by atoms with Gasteiger partial charge in [-0.05, 0) is 86.7 Å². The Kier molecular flexibility index (Phi) is 6.51. The zero-order chi connectivity index (χ0) is 30.0. The molecule has 7 rings (SSSR count). The molecule has 4 unspecified atom stereocenters. The second-order valence-corrected chi connectivity index (χ2v) is 12.0. The van der Waals surface area contributed by atoms with Crippen LogP contribution in [0.25, 0.3) is 22.2 Å². The van der Waals surface area contributed by atoms with Crippen LogP contribution < -0.4 is 4.90 Å². The van der Waals surface area contributed by atoms with Gasteiger partial charge in [0, 0.05) is 21.5 Å². The highest BCUT2D eigenvalue weighted by atomic mass is 35.5. The molecule has 2 aliphatic carbocycles. The zero-order valence-electron chi connectivity index (χ0n) is 23.5. The quantitative estimate of drug-likeness (QED) is 0.109. The number of ketones is 1. The van der Waals surface area contributed by atoms with Gasteiger partial charge in [-0.3, -0.25) is 19.3 Å². The van der Waals surface area contributed by atoms with Crippen LogP contribution in [0.5, 0.6) is 0 Å². The van der Waals surface area contributed by atoms with Crippen LogP contribution in [0.4, 0.5) is 5.69 Å². The highest BCUT2D eigenvalue weighted by Crippen LogP contribution is 2.56. The summed E-state index contributed by atoms with van der Waals surface area (Å²) in [5, 5.41) is 1.12. The fourth-order valence-electron chi connectivity index (χ4n) is 6.89. The number of rotatable bonds is 6. The molecule has 2 amide bonds. The van der Waals surface area contributed by atoms with Gasteiger partial charge in [-0.2, -0.15) is 0 Å². The first-order chi connectivity index (χ1) is 20.7. The van der Waals surface area contributed by atoms with E-state index in [0.29, 0.717) is 38.4 Å². The molecule has 2 heterocycles. The third-order valence-corrected chi connectivity index (χ3v) is 9.24. The van der Waals surface area contributed by atoms with Crippen molar-refractivity contribution in [2.24, 2.45) is 23.7 Å². The van der Waals surface area contributed by atoms with Crippen molar-refractivity contribution >= 4 is 51.8 Å². The number of carbonyl (C=O) groups is 4. The molecule has 2 fully saturated rings. The Morgan fingerprint density at radius 2 is 1.65 bits per heavy atom. The van der Waals surface area contributed by atoms with Crippen molar-refractivity contribution in [3.05, 3.63) is 106 Å². The Morgan fingerprint density at radius 1 is 0.930 bits per heavy atom. The average Bonchev–Trinajstić information content (AvgIpc) is 3.65. The van der Waals surface area contributed by atoms with E-state index in [1.807, 2.05) is 25.1 Å². The Balaban J connectivity index is 1.16. The summed E-state index contributed by atoms with van der Waals surface area (Å²) in [7, 11) is 0. The van der Waals surface area contributed by atoms with E-state index in [-0.39, 0.29) is 46.8 Å². The third-order valence-electron chi connectivity index (χ3n) is 8.99. The lowest BCUT2D eigenvalue weighted by Gasteiger charge is -2.19. The van der Waals surface area contributed by atoms with Crippen LogP contribution in [0.15, 0.2) is 84.4 Å². The number of Topliss-reactive ketones (excluding diaryl/α,β-unsaturated/α-hetero) is 1. The number of anilines is 1. The molecule has 1 aliphatic heterocycles. The Bertz CT molecular complexity index is 1880. The second-order valence-electron chi connectivity index (χ2n) is 11.6. The number of pyridine rings is 1. The van der Waals surface area contributed by atoms with Crippen molar-refractivity contribution in [1.82, 2.24) is 4.98 Å². The van der Waals surface area contributed by atoms with Crippen molar-refractivity contribution in [2.75, 3.05) is 11.5 Å². The highest BCUT2D eigenvalue weighted by Gasteiger charge is 2.60. The van der Waals surface area contributed by atoms with Gasteiger partial charge in [-0.1, -0.05) is 47.0 Å². The van der Waals surface area contributed by atoms with Crippen LogP contribution in [0, 0.1) is 30.6 Å². The molecule has 0 radical (unpaired) electrons. The predicted octanol–water partition coefficient (Wildman–Crippen LogP) is 6.60. The fraction of sp³-hybridized carbons (Fsp3) is 0.229. The molecule has 0 spiro atoms. The minimum absolute atomic E-state index is 0.125. The molecule has 1 saturated carbocycles. The Morgan fingerprint density at radius 3 is 2.40 bits per heavy atom. The van der Waals surface area contributed by atoms with Gasteiger partial charge in [0.25, 0.3) is 0 Å². The molecule has 3 aliphatic rings. The number of hydrogen-bond acceptors (Lipinski definition) is 6. The minimum atomic E-state index is -0.642. The number of ether oxygens (including phenoxy) is 1. The minimum Gasteiger partial charge on any atom is -0.454 e. The van der Waals surface area contributed by atoms with E-state index in [4.69, 9.17) is 21.3 Å². The second kappa shape index (κ2) is 10.3. The van der Waals surface area contributed by atoms with Gasteiger partial charge < -0.3 is 4.74 Å². The average molecular weight is 591 g/mol. The van der Waals surface area contributed by atoms with Gasteiger partial charge in [0.1, 0.15) is 0 Å². The summed E-state index contributed by atoms with van der Waals surface area (Å²) < 4.78 is 5.45. The van der Waals surface area contributed by atoms with Crippen LogP contribution in [0.2, 0.25) is 5.02 Å². The highest BCUT2D eigenvalue weighted by molar-refractivity contribution is 6.30. The fourth-order valence-corrected chi connectivity index (χ4v) is 7.02. The van der Waals surface area contributed by atoms with Crippen molar-refractivity contribution in [3.8, 4) is 11.3 Å². The van der Waals surface area contributed by atoms with Crippen LogP contribution >= 0.6 is 11.6 Å². The number of esters is 1. The SMILES string of the molecule is CC1=CC2CC1C1C(=O)N(c3ccc(-c4cc(C(=O)OCC(=O)c5ccc(Cl)cc5)c5cc(C)ccc5n4)cc3)C(=O)C21. The van der Waals surface area contributed by atoms with Gasteiger partial charge in [-0.25, -0.2) is 9.78 Å². The first-order valence-corrected chi connectivity index (χ1v) is 14.6. The molecule has 1 aromatic heterocycles. The maximum atomic E-state index is 13.4. The lowest BCUT2D eigenvalue weighted by molar-refractivity contribution is -0.123. The van der Waals surface area contributed by atoms with Crippen LogP contribution in [0.3, 0.4) is 0 Å². The smallest absolute Gasteiger partial charge is 0.339 e. The molecule has 2 bridgehead atoms. The van der Waals surface area contributed by atoms with Gasteiger partial charge in [0.05, 0.1) is 34.3 Å². The number of imide groups is 1. The number of allylic oxidation sites excluding steroid dienone is 2. The van der Waals surface area contributed by atoms with Gasteiger partial charge in [-0.15, -0.1) is 0 Å². The van der Waals surface area contributed by atoms with E-state index in [9.17, 15) is 19.2 Å². The van der Waals surface area contributed by atoms with E-state index in [1.165, 1.54) is 10.5 Å². The molecule has 8 heteroatoms. The first kappa shape index (κ1) is 27.2. The summed E-state index contributed by atoms with van der Waals surface area (Å²) in [6.07, 6.45) is 3.05. The number of hydrogen-bond donors (Lipinski definition) is 0. The monoisotopic (exact) mass is 590 g/mol. The molecule has 1 saturated heterocycles. The zero-order valence-corrected chi connectivity index (χ0v) is 24.3. The number of fused-ring (bicyclic) bond motifs is 6. The molecule has 3 aromatic carbocycles. The predicted molar refractivity (Wildman–Crippen MR) is 163 cm³/mol. The van der Waals surface area contributed by atoms with E-state index in [2.05, 4.69) is 13.0 Å². The maximum absolute atomic E-state index is 13.4. The topological polar surface area (TPSA) is 93.6 Å². The Labute approximate surface area is 253 Å². The molecule has 43 heavy (non-hydrogen) atoms. The van der Waals surface area contributed by atoms with E-state index >= 15 is 0 Å². The third kappa shape index (κ3) is 4.55. The van der Waals surface area contributed by atoms with E-state index in [0.717, 1.165) is 12.0 Å². The first-order valence-electron chi connectivity index (χ1n) is 14.2. The lowest BCUT2D eigenvalue weighted by atomic mass is 9.82. The number of halogens is 1. The molecule has 7 nitrogen and oxygen atoms in total. The summed E-state index contributed by atoms with van der Waals surface area (Å²) in [5.41, 5.74) is 5.19. The number of amides is 2. The van der Waals surface area contributed by atoms with Crippen LogP contribution in [-0.4, -0.2) is 35.2 Å². The van der Waals surface area contributed by atoms with Gasteiger partial charge >= 0.3 is 5.97 Å². The number of nitrogens with zero attached hydrogens (tertiary/aromatic N) is 2. The number of carbonyl (C=O) groups excluding carboxylic acids is 4. The summed E-state index contributed by atoms with van der Waals surface area (Å²) in [6.45, 7) is 3.55. The normalized spacial score (nSPS) is 22.2. The molecule has 4 atom stereocenters. The number of benzene rings is 3. The van der Waals surface area contributed by atoms with Crippen molar-refractivity contribution in [1.29, 1.82) is 0 Å². The number of aromatic nitrogens is 1. The van der Waals surface area contributed by atoms with Gasteiger partial charge in [0.15, 0.2) is 12.4 Å². The van der Waals surface area contributed by atoms with E-state index < -0.39 is 12.6 Å². The summed E-state index contributed by atoms with van der Waals surface area (Å²) in [4.78, 5) is 58.8. The van der Waals surface area contributed by atoms with Gasteiger partial charge in [0.2, 0.25) is 11.8 Å². The summed E-state index contributed by atoms with van der Waals surface area (Å²) in [6, 6.07) is 20.7. The molecule has 4 aromatic rings. The molecule has 0 N–H and O–H groups in total. The van der Waals surface area contributed by atoms with E-state index in [1.54, 1.807) is 54.6 Å². The summed E-state index contributed by atoms with van der Waals surface area (Å²) in [5.74, 6) is -1.49. The molecule has 214 valence electrons. The van der Waals surface area contributed by atoms with Crippen LogP contribution in [0.1, 0.15) is 39.6 Å². The standard InChI is InChI=1S/C35H27ClN2O5/c1-18-3-12-28-26(13-18)27(35(42)43-17-30(39)21-4-8-23(36)9-5-21)16-29(37-28)20-6-10-24(11-7-20)38-33(40)31-22-14-19(2)25(15-22)32(31)34(38)41/h3-14,16,22,25,31-32H,15,17H2,1-2H3. The molecular weight excluding hydrogens is 564 g/mol. The largest absolute Gasteiger partial charge is 0.454 e. The number of aryl methyl sites for hydroxylation is 1. The Hall–Kier alpha value is -4.62. The molecular formula is C35H27ClN2O5.